The number of fused-ring (bicyclic) bond motifs is 1. The van der Waals surface area contributed by atoms with Gasteiger partial charge >= 0.3 is 0 Å². The summed E-state index contributed by atoms with van der Waals surface area (Å²) in [4.78, 5) is 0. The molecule has 0 unspecified atom stereocenters. The largest absolute Gasteiger partial charge is 0.343 e. The Morgan fingerprint density at radius 2 is 1.35 bits per heavy atom. The number of benzene rings is 3. The van der Waals surface area contributed by atoms with Crippen LogP contribution >= 0.6 is 15.9 Å². The van der Waals surface area contributed by atoms with Crippen LogP contribution in [-0.2, 0) is 7.05 Å². The summed E-state index contributed by atoms with van der Waals surface area (Å²) in [5.74, 6) is 0. The van der Waals surface area contributed by atoms with Gasteiger partial charge in [-0.05, 0) is 29.3 Å². The summed E-state index contributed by atoms with van der Waals surface area (Å²) in [5, 5.41) is 1.29. The Morgan fingerprint density at radius 1 is 0.696 bits per heavy atom. The first kappa shape index (κ1) is 14.3. The molecule has 112 valence electrons. The van der Waals surface area contributed by atoms with E-state index in [2.05, 4.69) is 106 Å². The average molecular weight is 362 g/mol. The van der Waals surface area contributed by atoms with Crippen LogP contribution in [0.3, 0.4) is 0 Å². The van der Waals surface area contributed by atoms with E-state index in [9.17, 15) is 0 Å². The molecule has 0 bridgehead atoms. The first-order valence-electron chi connectivity index (χ1n) is 7.64. The molecular weight excluding hydrogens is 346 g/mol. The topological polar surface area (TPSA) is 4.93 Å². The maximum absolute atomic E-state index is 3.53. The maximum atomic E-state index is 3.53. The van der Waals surface area contributed by atoms with Gasteiger partial charge in [-0.15, -0.1) is 0 Å². The van der Waals surface area contributed by atoms with Crippen molar-refractivity contribution in [1.82, 2.24) is 4.57 Å². The first-order valence-corrected chi connectivity index (χ1v) is 8.44. The van der Waals surface area contributed by atoms with Crippen molar-refractivity contribution >= 4 is 26.8 Å². The van der Waals surface area contributed by atoms with Crippen LogP contribution in [0.15, 0.2) is 83.3 Å². The molecule has 1 nitrogen and oxygen atoms in total. The zero-order chi connectivity index (χ0) is 15.8. The van der Waals surface area contributed by atoms with Gasteiger partial charge in [0.15, 0.2) is 0 Å². The molecule has 0 radical (unpaired) electrons. The molecule has 0 spiro atoms. The maximum Gasteiger partial charge on any atom is 0.0568 e. The summed E-state index contributed by atoms with van der Waals surface area (Å²) in [5.41, 5.74) is 6.29. The Balaban J connectivity index is 2.10. The Labute approximate surface area is 144 Å². The van der Waals surface area contributed by atoms with Gasteiger partial charge in [0.1, 0.15) is 0 Å². The summed E-state index contributed by atoms with van der Waals surface area (Å²) < 4.78 is 3.39. The van der Waals surface area contributed by atoms with E-state index in [1.807, 2.05) is 0 Å². The Bertz CT molecular complexity index is 966. The van der Waals surface area contributed by atoms with Crippen LogP contribution in [0.5, 0.6) is 0 Å². The first-order chi connectivity index (χ1) is 11.3. The van der Waals surface area contributed by atoms with E-state index in [1.54, 1.807) is 0 Å². The summed E-state index contributed by atoms with van der Waals surface area (Å²) in [6.45, 7) is 0. The molecular formula is C21H16BrN. The molecule has 0 fully saturated rings. The molecule has 1 heterocycles. The summed E-state index contributed by atoms with van der Waals surface area (Å²) >= 11 is 3.53. The Hall–Kier alpha value is -2.32. The van der Waals surface area contributed by atoms with Gasteiger partial charge in [0.2, 0.25) is 0 Å². The summed E-state index contributed by atoms with van der Waals surface area (Å²) in [6, 6.07) is 27.8. The van der Waals surface area contributed by atoms with Crippen molar-refractivity contribution in [3.8, 4) is 22.4 Å². The van der Waals surface area contributed by atoms with Crippen LogP contribution in [0.1, 0.15) is 0 Å². The SMILES string of the molecule is Cn1c(-c2ccccc2)c(-c2ccc(Br)cc2)c2ccccc21. The van der Waals surface area contributed by atoms with E-state index in [0.29, 0.717) is 0 Å². The van der Waals surface area contributed by atoms with Gasteiger partial charge in [0, 0.05) is 28.0 Å². The lowest BCUT2D eigenvalue weighted by Crippen LogP contribution is -1.92. The molecule has 0 aliphatic heterocycles. The van der Waals surface area contributed by atoms with Gasteiger partial charge in [-0.25, -0.2) is 0 Å². The molecule has 4 rings (SSSR count). The summed E-state index contributed by atoms with van der Waals surface area (Å²) in [7, 11) is 2.15. The third-order valence-corrected chi connectivity index (χ3v) is 4.82. The minimum Gasteiger partial charge on any atom is -0.343 e. The van der Waals surface area contributed by atoms with Crippen molar-refractivity contribution in [2.75, 3.05) is 0 Å². The van der Waals surface area contributed by atoms with Gasteiger partial charge in [-0.3, -0.25) is 0 Å². The van der Waals surface area contributed by atoms with Gasteiger partial charge in [-0.1, -0.05) is 76.6 Å². The predicted molar refractivity (Wildman–Crippen MR) is 101 cm³/mol. The lowest BCUT2D eigenvalue weighted by molar-refractivity contribution is 0.979. The van der Waals surface area contributed by atoms with Crippen LogP contribution in [0.2, 0.25) is 0 Å². The van der Waals surface area contributed by atoms with Gasteiger partial charge in [0.05, 0.1) is 5.69 Å². The number of aryl methyl sites for hydroxylation is 1. The number of rotatable bonds is 2. The fourth-order valence-corrected chi connectivity index (χ4v) is 3.50. The van der Waals surface area contributed by atoms with Crippen molar-refractivity contribution < 1.29 is 0 Å². The van der Waals surface area contributed by atoms with Gasteiger partial charge in [-0.2, -0.15) is 0 Å². The van der Waals surface area contributed by atoms with Crippen molar-refractivity contribution in [3.63, 3.8) is 0 Å². The highest BCUT2D eigenvalue weighted by atomic mass is 79.9. The van der Waals surface area contributed by atoms with Crippen LogP contribution in [0.4, 0.5) is 0 Å². The highest BCUT2D eigenvalue weighted by Gasteiger charge is 2.17. The van der Waals surface area contributed by atoms with E-state index in [1.165, 1.54) is 33.3 Å². The van der Waals surface area contributed by atoms with Crippen molar-refractivity contribution in [2.45, 2.75) is 0 Å². The second kappa shape index (κ2) is 5.71. The van der Waals surface area contributed by atoms with Crippen molar-refractivity contribution in [3.05, 3.63) is 83.3 Å². The standard InChI is InChI=1S/C21H16BrN/c1-23-19-10-6-5-9-18(19)20(15-11-13-17(22)14-12-15)21(23)16-7-3-2-4-8-16/h2-14H,1H3. The third kappa shape index (κ3) is 2.40. The second-order valence-corrected chi connectivity index (χ2v) is 6.59. The molecule has 23 heavy (non-hydrogen) atoms. The minimum atomic E-state index is 1.10. The smallest absolute Gasteiger partial charge is 0.0568 e. The lowest BCUT2D eigenvalue weighted by Gasteiger charge is -2.09. The van der Waals surface area contributed by atoms with Gasteiger partial charge < -0.3 is 4.57 Å². The number of nitrogens with zero attached hydrogens (tertiary/aromatic N) is 1. The minimum absolute atomic E-state index is 1.10. The molecule has 0 aliphatic carbocycles. The molecule has 0 N–H and O–H groups in total. The monoisotopic (exact) mass is 361 g/mol. The zero-order valence-corrected chi connectivity index (χ0v) is 14.4. The molecule has 0 saturated carbocycles. The average Bonchev–Trinajstić information content (AvgIpc) is 2.90. The van der Waals surface area contributed by atoms with Crippen molar-refractivity contribution in [2.24, 2.45) is 7.05 Å². The highest BCUT2D eigenvalue weighted by molar-refractivity contribution is 9.10. The molecule has 0 amide bonds. The molecule has 3 aromatic carbocycles. The quantitative estimate of drug-likeness (QED) is 0.396. The van der Waals surface area contributed by atoms with Crippen molar-refractivity contribution in [1.29, 1.82) is 0 Å². The van der Waals surface area contributed by atoms with Gasteiger partial charge in [0.25, 0.3) is 0 Å². The molecule has 0 atom stereocenters. The molecule has 2 heteroatoms. The third-order valence-electron chi connectivity index (χ3n) is 4.29. The van der Waals surface area contributed by atoms with E-state index in [-0.39, 0.29) is 0 Å². The number of hydrogen-bond acceptors (Lipinski definition) is 0. The van der Waals surface area contributed by atoms with E-state index >= 15 is 0 Å². The molecule has 1 aromatic heterocycles. The van der Waals surface area contributed by atoms with E-state index in [4.69, 9.17) is 0 Å². The van der Waals surface area contributed by atoms with Crippen LogP contribution in [0.25, 0.3) is 33.3 Å². The molecule has 0 aliphatic rings. The molecule has 0 saturated heterocycles. The number of halogens is 1. The number of hydrogen-bond donors (Lipinski definition) is 0. The fraction of sp³-hybridized carbons (Fsp3) is 0.0476. The number of aromatic nitrogens is 1. The fourth-order valence-electron chi connectivity index (χ4n) is 3.24. The van der Waals surface area contributed by atoms with Crippen LogP contribution in [0, 0.1) is 0 Å². The Kier molecular flexibility index (Phi) is 3.55. The van der Waals surface area contributed by atoms with E-state index < -0.39 is 0 Å². The molecule has 4 aromatic rings. The Morgan fingerprint density at radius 3 is 2.09 bits per heavy atom. The van der Waals surface area contributed by atoms with Crippen LogP contribution < -0.4 is 0 Å². The second-order valence-electron chi connectivity index (χ2n) is 5.67. The van der Waals surface area contributed by atoms with Crippen LogP contribution in [-0.4, -0.2) is 4.57 Å². The lowest BCUT2D eigenvalue weighted by atomic mass is 9.98. The predicted octanol–water partition coefficient (Wildman–Crippen LogP) is 6.27. The normalized spacial score (nSPS) is 11.0. The van der Waals surface area contributed by atoms with E-state index in [0.717, 1.165) is 4.47 Å². The zero-order valence-electron chi connectivity index (χ0n) is 12.8. The highest BCUT2D eigenvalue weighted by Crippen LogP contribution is 2.40. The summed E-state index contributed by atoms with van der Waals surface area (Å²) in [6.07, 6.45) is 0. The number of para-hydroxylation sites is 1.